The highest BCUT2D eigenvalue weighted by Gasteiger charge is 2.55. The number of amides is 1. The number of hydrogen-bond donors (Lipinski definition) is 4. The number of aliphatic hydroxyl groups excluding tert-OH is 3. The first-order valence-electron chi connectivity index (χ1n) is 27.8. The number of rotatable bonds is 12. The van der Waals surface area contributed by atoms with Crippen molar-refractivity contribution in [1.82, 2.24) is 4.90 Å². The van der Waals surface area contributed by atoms with Crippen LogP contribution in [0.3, 0.4) is 0 Å². The van der Waals surface area contributed by atoms with Gasteiger partial charge in [0.1, 0.15) is 30.1 Å². The van der Waals surface area contributed by atoms with Crippen molar-refractivity contribution in [3.05, 3.63) is 47.6 Å². The number of fused-ring (bicyclic) bond motifs is 5. The van der Waals surface area contributed by atoms with Crippen LogP contribution in [0.5, 0.6) is 0 Å². The average Bonchev–Trinajstić information content (AvgIpc) is 3.44. The zero-order chi connectivity index (χ0) is 55.6. The molecule has 1 aliphatic carbocycles. The molecule has 2 unspecified atom stereocenters. The number of Topliss-reactive ketones (excluding diaryl/α,β-unsaturated/α-hetero) is 3. The fourth-order valence-electron chi connectivity index (χ4n) is 12.0. The quantitative estimate of drug-likeness (QED) is 0.0868. The number of aliphatic hydroxyl groups is 4. The lowest BCUT2D eigenvalue weighted by atomic mass is 9.71. The lowest BCUT2D eigenvalue weighted by molar-refractivity contribution is -0.267. The van der Waals surface area contributed by atoms with Gasteiger partial charge >= 0.3 is 5.97 Å². The van der Waals surface area contributed by atoms with Crippen LogP contribution >= 0.6 is 0 Å². The molecule has 5 aliphatic rings. The highest BCUT2D eigenvalue weighted by atomic mass is 16.6. The summed E-state index contributed by atoms with van der Waals surface area (Å²) in [5.41, 5.74) is -0.0228. The van der Waals surface area contributed by atoms with E-state index >= 15 is 0 Å². The maximum Gasteiger partial charge on any atom is 0.329 e. The standard InChI is InChI=1S/C59H93NO15/c1-35-16-14-13-15-17-36(2)48(75-58(9,10)24-27-72-57(7,8)23-26-61)33-43-20-18-40(6)59(69,74-43)54(66)55(67)60-25-22-42-32-45(60)56(68)73-49(44(42)30-41-19-21-46(62)50(31-41)70-11)34-47(63)37(3)29-39(5)52(65)53(71-12)51(64)38(4)28-35/h13-17,29,35,37-38,40-46,48-50,52-53,61-62,65,69H,18-28,30-34H2,1-12H3/b15-13+,16-14+,36-17+,39-29+/t35-,37-,38-,40-,41+,42+,43+,44?,45+,46-,48?,49+,50-,52-,53+,59-/m1/s1. The molecule has 1 saturated carbocycles. The predicted octanol–water partition coefficient (Wildman–Crippen LogP) is 7.12. The first-order chi connectivity index (χ1) is 35.2. The number of ether oxygens (including phenoxy) is 6. The van der Waals surface area contributed by atoms with Crippen molar-refractivity contribution in [2.45, 2.75) is 218 Å². The van der Waals surface area contributed by atoms with E-state index in [4.69, 9.17) is 28.4 Å². The van der Waals surface area contributed by atoms with Crippen molar-refractivity contribution in [3.8, 4) is 0 Å². The molecule has 16 nitrogen and oxygen atoms in total. The highest BCUT2D eigenvalue weighted by molar-refractivity contribution is 6.39. The summed E-state index contributed by atoms with van der Waals surface area (Å²) < 4.78 is 37.0. The van der Waals surface area contributed by atoms with Gasteiger partial charge in [-0.05, 0) is 147 Å². The van der Waals surface area contributed by atoms with Crippen LogP contribution in [-0.4, -0.2) is 154 Å². The molecular formula is C59H93NO15. The topological polar surface area (TPSA) is 225 Å². The van der Waals surface area contributed by atoms with Gasteiger partial charge in [-0.1, -0.05) is 64.2 Å². The Bertz CT molecular complexity index is 2080. The Morgan fingerprint density at radius 2 is 1.55 bits per heavy atom. The van der Waals surface area contributed by atoms with E-state index < -0.39 is 95.1 Å². The second-order valence-electron chi connectivity index (χ2n) is 24.0. The summed E-state index contributed by atoms with van der Waals surface area (Å²) in [5.74, 6) is -8.35. The van der Waals surface area contributed by atoms with Crippen molar-refractivity contribution in [3.63, 3.8) is 0 Å². The summed E-state index contributed by atoms with van der Waals surface area (Å²) >= 11 is 0. The molecule has 4 N–H and O–H groups in total. The Labute approximate surface area is 447 Å². The van der Waals surface area contributed by atoms with E-state index in [2.05, 4.69) is 0 Å². The Morgan fingerprint density at radius 3 is 2.23 bits per heavy atom. The maximum atomic E-state index is 14.6. The first kappa shape index (κ1) is 62.4. The molecule has 4 heterocycles. The predicted molar refractivity (Wildman–Crippen MR) is 283 cm³/mol. The van der Waals surface area contributed by atoms with Gasteiger partial charge in [0.15, 0.2) is 5.78 Å². The summed E-state index contributed by atoms with van der Waals surface area (Å²) in [4.78, 5) is 73.0. The van der Waals surface area contributed by atoms with E-state index in [0.29, 0.717) is 76.4 Å². The zero-order valence-corrected chi connectivity index (χ0v) is 47.2. The SMILES string of the molecule is CO[C@@H]1C[C@H](CC2[C@H]3CCN4C(=O)C(=O)[C@]5(O)O[C@@H](CC[C@H]5C)CC(OC(C)(C)CCOC(C)(C)CCO)/C(C)=C/C=C/C=C/[C@@H](C)C[C@@H](C)C(=O)[C@H](OC)[C@H](O)/C(C)=C/[C@@H](C)C(=O)C[C@@H]2OC(=O)[C@@H]4C3)CC[C@H]1O. The highest BCUT2D eigenvalue weighted by Crippen LogP contribution is 2.44. The monoisotopic (exact) mass is 1060 g/mol. The van der Waals surface area contributed by atoms with Gasteiger partial charge < -0.3 is 53.7 Å². The number of allylic oxidation sites excluding steroid dienone is 6. The van der Waals surface area contributed by atoms with Gasteiger partial charge in [0, 0.05) is 58.0 Å². The Hall–Kier alpha value is -3.45. The fraction of sp³-hybridized carbons (Fsp3) is 0.780. The van der Waals surface area contributed by atoms with E-state index in [9.17, 15) is 44.4 Å². The molecule has 0 spiro atoms. The van der Waals surface area contributed by atoms with Gasteiger partial charge in [0.25, 0.3) is 11.7 Å². The minimum absolute atomic E-state index is 0.00328. The fourth-order valence-corrected chi connectivity index (χ4v) is 12.0. The summed E-state index contributed by atoms with van der Waals surface area (Å²) in [7, 11) is 2.95. The molecule has 5 rings (SSSR count). The normalized spacial score (nSPS) is 39.1. The summed E-state index contributed by atoms with van der Waals surface area (Å²) in [6.07, 6.45) is 11.0. The molecule has 424 valence electrons. The Morgan fingerprint density at radius 1 is 0.827 bits per heavy atom. The van der Waals surface area contributed by atoms with Gasteiger partial charge in [-0.2, -0.15) is 0 Å². The number of esters is 1. The third-order valence-electron chi connectivity index (χ3n) is 17.1. The largest absolute Gasteiger partial charge is 0.460 e. The van der Waals surface area contributed by atoms with Crippen LogP contribution in [0.25, 0.3) is 0 Å². The molecule has 16 heteroatoms. The number of hydrogen-bond acceptors (Lipinski definition) is 15. The molecule has 0 aromatic carbocycles. The molecule has 0 radical (unpaired) electrons. The average molecular weight is 1060 g/mol. The number of carbonyl (C=O) groups is 5. The van der Waals surface area contributed by atoms with E-state index in [1.54, 1.807) is 34.0 Å². The van der Waals surface area contributed by atoms with Gasteiger partial charge in [0.05, 0.1) is 42.2 Å². The second kappa shape index (κ2) is 27.4. The van der Waals surface area contributed by atoms with Crippen LogP contribution in [0.4, 0.5) is 0 Å². The van der Waals surface area contributed by atoms with Crippen molar-refractivity contribution in [2.24, 2.45) is 41.4 Å². The van der Waals surface area contributed by atoms with Crippen LogP contribution in [0.15, 0.2) is 47.6 Å². The number of piperidine rings is 1. The molecule has 0 aromatic heterocycles. The molecule has 4 aliphatic heterocycles. The minimum Gasteiger partial charge on any atom is -0.460 e. The van der Waals surface area contributed by atoms with E-state index in [1.165, 1.54) is 12.0 Å². The van der Waals surface area contributed by atoms with Crippen LogP contribution in [-0.2, 0) is 52.4 Å². The van der Waals surface area contributed by atoms with Crippen molar-refractivity contribution in [2.75, 3.05) is 34.0 Å². The van der Waals surface area contributed by atoms with Gasteiger partial charge in [-0.3, -0.25) is 19.2 Å². The summed E-state index contributed by atoms with van der Waals surface area (Å²) in [5, 5.41) is 44.1. The maximum absolute atomic E-state index is 14.6. The van der Waals surface area contributed by atoms with Gasteiger partial charge in [-0.15, -0.1) is 0 Å². The van der Waals surface area contributed by atoms with Crippen LogP contribution in [0.2, 0.25) is 0 Å². The van der Waals surface area contributed by atoms with Crippen LogP contribution in [0, 0.1) is 41.4 Å². The van der Waals surface area contributed by atoms with Crippen molar-refractivity contribution < 1.29 is 72.8 Å². The Balaban J connectivity index is 1.51. The second-order valence-corrected chi connectivity index (χ2v) is 24.0. The molecule has 4 fully saturated rings. The minimum atomic E-state index is -2.50. The third-order valence-corrected chi connectivity index (χ3v) is 17.1. The lowest BCUT2D eigenvalue weighted by Gasteiger charge is -2.44. The lowest BCUT2D eigenvalue weighted by Crippen LogP contribution is -2.61. The number of methoxy groups -OCH3 is 2. The molecule has 0 aromatic rings. The molecule has 5 bridgehead atoms. The van der Waals surface area contributed by atoms with Crippen molar-refractivity contribution in [1.29, 1.82) is 0 Å². The molecule has 16 atom stereocenters. The molecule has 1 amide bonds. The van der Waals surface area contributed by atoms with Crippen molar-refractivity contribution >= 4 is 29.2 Å². The Kier molecular flexibility index (Phi) is 22.8. The smallest absolute Gasteiger partial charge is 0.329 e. The molecule has 75 heavy (non-hydrogen) atoms. The summed E-state index contributed by atoms with van der Waals surface area (Å²) in [6, 6.07) is -1.16. The third kappa shape index (κ3) is 16.5. The molecular weight excluding hydrogens is 963 g/mol. The van der Waals surface area contributed by atoms with E-state index in [1.807, 2.05) is 78.8 Å². The van der Waals surface area contributed by atoms with E-state index in [-0.39, 0.29) is 73.8 Å². The van der Waals surface area contributed by atoms with Gasteiger partial charge in [0.2, 0.25) is 5.79 Å². The van der Waals surface area contributed by atoms with E-state index in [0.717, 1.165) is 5.57 Å². The number of nitrogens with zero attached hydrogens (tertiary/aromatic N) is 1. The zero-order valence-electron chi connectivity index (χ0n) is 47.2. The number of ketones is 3. The van der Waals surface area contributed by atoms with Crippen LogP contribution in [0.1, 0.15) is 153 Å². The van der Waals surface area contributed by atoms with Gasteiger partial charge in [-0.25, -0.2) is 4.79 Å². The molecule has 3 saturated heterocycles. The summed E-state index contributed by atoms with van der Waals surface area (Å²) in [6.45, 7) is 19.0. The number of carbonyl (C=O) groups excluding carboxylic acids is 5. The van der Waals surface area contributed by atoms with Crippen LogP contribution < -0.4 is 0 Å². The first-order valence-corrected chi connectivity index (χ1v) is 27.8.